The molecule has 10 fully saturated rings. The van der Waals surface area contributed by atoms with E-state index in [1.165, 1.54) is 62.2 Å². The number of aliphatic imine (C=N–C) groups is 3. The lowest BCUT2D eigenvalue weighted by molar-refractivity contribution is -0.244. The zero-order chi connectivity index (χ0) is 95.0. The molecule has 60 nitrogen and oxygen atoms in total. The van der Waals surface area contributed by atoms with E-state index in [1.807, 2.05) is 0 Å². The van der Waals surface area contributed by atoms with Crippen LogP contribution in [0.3, 0.4) is 0 Å². The molecule has 135 heavy (non-hydrogen) atoms. The fourth-order valence-corrected chi connectivity index (χ4v) is 23.5. The molecule has 6 unspecified atom stereocenters. The number of alkyl halides is 3. The highest BCUT2D eigenvalue weighted by Crippen LogP contribution is 2.62. The third kappa shape index (κ3) is 17.7. The Hall–Kier alpha value is -8.96. The second kappa shape index (κ2) is 35.1. The van der Waals surface area contributed by atoms with Crippen molar-refractivity contribution in [1.82, 2.24) is 87.2 Å². The third-order valence-electron chi connectivity index (χ3n) is 22.8. The van der Waals surface area contributed by atoms with E-state index in [0.717, 1.165) is 21.8 Å². The number of aromatic amines is 3. The number of Topliss-reactive ketones (excluding diaryl/α,β-unsaturated/α-hetero) is 3. The summed E-state index contributed by atoms with van der Waals surface area (Å²) in [5.41, 5.74) is 12.9. The lowest BCUT2D eigenvalue weighted by Crippen LogP contribution is -2.61. The lowest BCUT2D eigenvalue weighted by Gasteiger charge is -2.43. The number of nitrogens with zero attached hydrogens (tertiary/aromatic N) is 18. The van der Waals surface area contributed by atoms with E-state index < -0.39 is 241 Å². The number of thiol groups is 1. The minimum absolute atomic E-state index is 0.0238. The first-order chi connectivity index (χ1) is 64.1. The molecule has 724 valence electrons. The van der Waals surface area contributed by atoms with Gasteiger partial charge in [-0.3, -0.25) is 121 Å². The van der Waals surface area contributed by atoms with Gasteiger partial charge in [0, 0.05) is 44.3 Å². The number of rotatable bonds is 6. The summed E-state index contributed by atoms with van der Waals surface area (Å²) in [6.45, 7) is -12.9. The molecule has 10 saturated heterocycles. The molecule has 15 N–H and O–H groups in total. The Morgan fingerprint density at radius 2 is 0.830 bits per heavy atom. The molecule has 0 saturated carbocycles. The second-order valence-electron chi connectivity index (χ2n) is 31.4. The second-order valence-corrected chi connectivity index (χ2v) is 42.7. The monoisotopic (exact) mass is 2060 g/mol. The third-order valence-corrected chi connectivity index (χ3v) is 29.9. The largest absolute Gasteiger partial charge is 0.472 e. The summed E-state index contributed by atoms with van der Waals surface area (Å²) in [4.78, 5) is 182. The number of aromatic nitrogens is 18. The average Bonchev–Trinajstić information content (AvgIpc) is 1.55. The van der Waals surface area contributed by atoms with Crippen molar-refractivity contribution >= 4 is 174 Å². The summed E-state index contributed by atoms with van der Waals surface area (Å²) >= 11 is 9.29. The molecule has 0 radical (unpaired) electrons. The first-order valence-electron chi connectivity index (χ1n) is 39.7. The van der Waals surface area contributed by atoms with Gasteiger partial charge in [0.2, 0.25) is 17.8 Å². The van der Waals surface area contributed by atoms with Crippen molar-refractivity contribution in [2.75, 3.05) is 63.4 Å². The SMILES string of the molecule is Nc1nc2c(ncn2[C@@H]2O[C@@H]3COP(=O)(O)O[C@H]4[C@H](F)[C@H](n5cnc6c5N=CCC6=O)O[C@@H]4COP(=O)(O)O[C@@H]2[C@@H]3F)c(=O)[nH]1.Nc1nc2c(ncn2[C@@H]2O[C@@H]3COP(O)(=S)O[C@H]4[C@H](F)[C@H](n5cnc6c5N=CCC6=O)O[C@@H]4COP(=O)(S)O[C@@H]2C3)c(=O)[nH]1.Nc1nc2c(ncn2[C@@H]2O[C@@]34CO[C@H]3[C@H]2OP(=O)(O)OC[C@H]2O[C@@H](n3cnc5c3N=CCC5=O)[C@H](O)[C@@H]2OP(=O)(O)OC4)c(=O)[nH]1. The van der Waals surface area contributed by atoms with Gasteiger partial charge in [0.1, 0.15) is 78.8 Å². The minimum Gasteiger partial charge on any atom is -0.386 e. The maximum Gasteiger partial charge on any atom is 0.472 e. The molecule has 13 aliphatic heterocycles. The summed E-state index contributed by atoms with van der Waals surface area (Å²) in [5.74, 6) is -1.67. The van der Waals surface area contributed by atoms with Crippen LogP contribution in [-0.2, 0) is 122 Å². The van der Waals surface area contributed by atoms with Gasteiger partial charge in [-0.05, 0) is 11.8 Å². The Morgan fingerprint density at radius 3 is 1.32 bits per heavy atom. The van der Waals surface area contributed by atoms with Crippen LogP contribution in [0.15, 0.2) is 67.3 Å². The molecule has 71 heteroatoms. The van der Waals surface area contributed by atoms with E-state index in [9.17, 15) is 81.2 Å². The van der Waals surface area contributed by atoms with E-state index in [1.54, 1.807) is 0 Å². The van der Waals surface area contributed by atoms with Crippen LogP contribution >= 0.6 is 57.1 Å². The summed E-state index contributed by atoms with van der Waals surface area (Å²) in [6.07, 6.45) is -23.6. The predicted octanol–water partition coefficient (Wildman–Crippen LogP) is 0.688. The number of hydrogen-bond donors (Lipinski definition) is 13. The molecular weight excluding hydrogens is 1990 g/mol. The molecule has 29 atom stereocenters. The van der Waals surface area contributed by atoms with E-state index in [-0.39, 0.29) is 136 Å². The standard InChI is InChI=1S/C22H24N8O14P2.C21H22F2N8O12P2.C21H23FN8O10P2S2/c23-21-27-17-11(18(33)28-21)26-7-30(17)20-14-15-22(42-20,4-38-15)5-40-46(36,37)43-13-9(3-39-45(34,35)44-14)41-19(12(13)32)29-6-25-10-8(31)1-2-24-16(10)29;22-10-8-3-38-44(34,35)42-14-9(41-19(11(14)23)30-5-26-12-7(32)1-2-25-16(12)30)4-39-45(36,37)43-15(10)20(40-8)31-6-27-13-17(31)28-21(24)29-18(13)33;22-12-15-11(38-20(12)29-6-25-13-9(31)1-2-24-16(13)29)5-36-41(33,43)39-10-3-8(4-35-42(34,44)40-15)37-19(10)30-7-26-14-17(30)27-21(23)28-18(14)32/h2,6-7,9,12-15,19-20,32H,1,3-5H2,(H,34,35)(H,36,37)(H3,23,27,28,33);2,5-6,8-11,14-15,19-20H,1,3-4H2,(H,34,35)(H,36,37)(H3,24,28,29,33);2,6-8,10-12,15,19-20H,1,3-5H2,(H,33,43)(H,34,44)(H3,23,27,28,32)/t9-,12-,13-,14-,15+,19-,20-,22-;8-,9-,10-,11+,14-,15-,19-,20-;8-,10+,11+,12-,15+,19+,20+,41?,42?/m110/s1. The predicted molar refractivity (Wildman–Crippen MR) is 440 cm³/mol. The lowest BCUT2D eigenvalue weighted by atomic mass is 9.91. The van der Waals surface area contributed by atoms with Gasteiger partial charge in [0.15, 0.2) is 141 Å². The van der Waals surface area contributed by atoms with Gasteiger partial charge >= 0.3 is 44.8 Å². The zero-order valence-electron chi connectivity index (χ0n) is 67.6. The van der Waals surface area contributed by atoms with Crippen LogP contribution < -0.4 is 33.9 Å². The first kappa shape index (κ1) is 93.7. The smallest absolute Gasteiger partial charge is 0.386 e. The van der Waals surface area contributed by atoms with Gasteiger partial charge in [0.05, 0.1) is 90.3 Å². The summed E-state index contributed by atoms with van der Waals surface area (Å²) < 4.78 is 226. The van der Waals surface area contributed by atoms with Crippen LogP contribution in [0.25, 0.3) is 33.5 Å². The molecule has 13 aliphatic rings. The number of aliphatic hydroxyl groups is 1. The van der Waals surface area contributed by atoms with Crippen molar-refractivity contribution < 1.29 is 167 Å². The van der Waals surface area contributed by atoms with Crippen LogP contribution in [0.2, 0.25) is 0 Å². The Labute approximate surface area is 755 Å². The highest BCUT2D eigenvalue weighted by Gasteiger charge is 2.67. The Balaban J connectivity index is 0.000000126. The maximum absolute atomic E-state index is 16.0. The minimum atomic E-state index is -5.25. The molecule has 6 bridgehead atoms. The fraction of sp³-hybridized carbons (Fsp3) is 0.531. The number of aliphatic hydroxyl groups excluding tert-OH is 1. The molecule has 9 aromatic heterocycles. The van der Waals surface area contributed by atoms with Crippen LogP contribution in [0.4, 0.5) is 48.5 Å². The van der Waals surface area contributed by atoms with E-state index in [4.69, 9.17) is 116 Å². The molecule has 9 aromatic rings. The number of ether oxygens (including phenoxy) is 7. The van der Waals surface area contributed by atoms with Gasteiger partial charge in [-0.1, -0.05) is 12.2 Å². The summed E-state index contributed by atoms with van der Waals surface area (Å²) in [7, 11) is -20.5. The summed E-state index contributed by atoms with van der Waals surface area (Å²) in [6, 6.07) is 0. The van der Waals surface area contributed by atoms with Crippen molar-refractivity contribution in [3.8, 4) is 0 Å². The maximum atomic E-state index is 16.0. The van der Waals surface area contributed by atoms with Crippen LogP contribution in [0.1, 0.15) is 94.5 Å². The molecule has 0 amide bonds. The number of H-pyrrole nitrogens is 3. The van der Waals surface area contributed by atoms with Crippen LogP contribution in [0.5, 0.6) is 0 Å². The Morgan fingerprint density at radius 1 is 0.430 bits per heavy atom. The highest BCUT2D eigenvalue weighted by atomic mass is 32.7. The number of fused-ring (bicyclic) bond motifs is 13. The number of halogens is 3. The summed E-state index contributed by atoms with van der Waals surface area (Å²) in [5, 5.41) is 11.2. The van der Waals surface area contributed by atoms with Crippen molar-refractivity contribution in [3.63, 3.8) is 0 Å². The quantitative estimate of drug-likeness (QED) is 0.0804. The van der Waals surface area contributed by atoms with Gasteiger partial charge in [-0.2, -0.15) is 15.0 Å². The van der Waals surface area contributed by atoms with E-state index >= 15 is 13.2 Å². The van der Waals surface area contributed by atoms with Crippen molar-refractivity contribution in [1.29, 1.82) is 0 Å². The highest BCUT2D eigenvalue weighted by molar-refractivity contribution is 8.44. The van der Waals surface area contributed by atoms with Gasteiger partial charge in [-0.25, -0.2) is 80.9 Å². The zero-order valence-corrected chi connectivity index (χ0v) is 74.6. The average molecular weight is 2060 g/mol. The number of anilines is 3. The number of phosphoric acid groups is 4. The van der Waals surface area contributed by atoms with Gasteiger partial charge in [0.25, 0.3) is 16.7 Å². The molecular formula is C64H69F3N24O36P6S2. The van der Waals surface area contributed by atoms with E-state index in [2.05, 4.69) is 87.0 Å². The fourth-order valence-electron chi connectivity index (χ4n) is 16.8. The van der Waals surface area contributed by atoms with Crippen molar-refractivity contribution in [2.45, 2.75) is 167 Å². The number of phosphoric ester groups is 4. The number of carbonyl (C=O) groups is 3. The molecule has 22 heterocycles. The van der Waals surface area contributed by atoms with E-state index in [0.29, 0.717) is 0 Å². The number of ketones is 3. The van der Waals surface area contributed by atoms with Crippen LogP contribution in [-0.4, -0.2) is 302 Å². The van der Waals surface area contributed by atoms with Crippen LogP contribution in [0, 0.1) is 0 Å². The topological polar surface area (TPSA) is 793 Å². The number of nitrogens with two attached hydrogens (primary N) is 3. The number of imidazole rings is 6. The first-order valence-corrected chi connectivity index (χ1v) is 51.0. The molecule has 22 rings (SSSR count). The molecule has 0 aliphatic carbocycles. The van der Waals surface area contributed by atoms with Crippen molar-refractivity contribution in [3.05, 3.63) is 86.1 Å². The molecule has 0 spiro atoms. The number of nitrogen functional groups attached to an aromatic ring is 3. The number of carbonyl (C=O) groups excluding carboxylic acids is 3. The van der Waals surface area contributed by atoms with Crippen molar-refractivity contribution in [2.24, 2.45) is 15.0 Å². The van der Waals surface area contributed by atoms with Gasteiger partial charge < -0.3 is 84.5 Å². The number of hydrogen-bond acceptors (Lipinski definition) is 47. The Bertz CT molecular complexity index is 6920. The molecule has 0 aromatic carbocycles. The van der Waals surface area contributed by atoms with Gasteiger partial charge in [-0.15, -0.1) is 0 Å². The Kier molecular flexibility index (Phi) is 24.4. The normalized spacial score (nSPS) is 39.1. The number of nitrogens with one attached hydrogen (secondary N) is 3.